The standard InChI is InChI=1S/C26H18I2O/c27-25-2-1-3-26(28)24(25)13-7-19-6-10-23-17-22(12-11-21(23)16-19)20-8-4-18(5-9-20)14-15-29/h1-6,8-12,16-17,29H,14-15H2. The summed E-state index contributed by atoms with van der Waals surface area (Å²) < 4.78 is 2.36. The molecule has 142 valence electrons. The van der Waals surface area contributed by atoms with E-state index < -0.39 is 0 Å². The lowest BCUT2D eigenvalue weighted by Gasteiger charge is -2.06. The Morgan fingerprint density at radius 3 is 2.07 bits per heavy atom. The highest BCUT2D eigenvalue weighted by molar-refractivity contribution is 14.1. The molecule has 0 bridgehead atoms. The molecule has 0 aliphatic rings. The Balaban J connectivity index is 1.63. The smallest absolute Gasteiger partial charge is 0.0516 e. The van der Waals surface area contributed by atoms with Crippen LogP contribution in [-0.2, 0) is 6.42 Å². The van der Waals surface area contributed by atoms with Gasteiger partial charge in [-0.1, -0.05) is 60.4 Å². The van der Waals surface area contributed by atoms with Crippen molar-refractivity contribution in [3.05, 3.63) is 103 Å². The van der Waals surface area contributed by atoms with Crippen LogP contribution >= 0.6 is 45.2 Å². The first-order valence-corrected chi connectivity index (χ1v) is 11.5. The monoisotopic (exact) mass is 600 g/mol. The molecule has 0 aliphatic carbocycles. The molecule has 0 saturated heterocycles. The molecule has 1 N–H and O–H groups in total. The third-order valence-corrected chi connectivity index (χ3v) is 6.62. The van der Waals surface area contributed by atoms with E-state index in [2.05, 4.69) is 136 Å². The van der Waals surface area contributed by atoms with Gasteiger partial charge in [-0.15, -0.1) is 0 Å². The lowest BCUT2D eigenvalue weighted by atomic mass is 9.99. The zero-order chi connectivity index (χ0) is 20.2. The molecule has 0 unspecified atom stereocenters. The maximum Gasteiger partial charge on any atom is 0.0516 e. The summed E-state index contributed by atoms with van der Waals surface area (Å²) in [6, 6.07) is 27.6. The zero-order valence-electron chi connectivity index (χ0n) is 15.6. The number of halogens is 2. The van der Waals surface area contributed by atoms with Crippen LogP contribution in [0, 0.1) is 19.0 Å². The quantitative estimate of drug-likeness (QED) is 0.206. The van der Waals surface area contributed by atoms with Crippen LogP contribution in [0.1, 0.15) is 16.7 Å². The summed E-state index contributed by atoms with van der Waals surface area (Å²) in [6.45, 7) is 0.184. The second-order valence-electron chi connectivity index (χ2n) is 6.79. The van der Waals surface area contributed by atoms with Gasteiger partial charge < -0.3 is 5.11 Å². The van der Waals surface area contributed by atoms with E-state index in [0.29, 0.717) is 6.42 Å². The number of aliphatic hydroxyl groups is 1. The summed E-state index contributed by atoms with van der Waals surface area (Å²) in [5.74, 6) is 6.65. The Morgan fingerprint density at radius 2 is 1.34 bits per heavy atom. The Bertz CT molecular complexity index is 1210. The number of benzene rings is 4. The number of fused-ring (bicyclic) bond motifs is 1. The number of rotatable bonds is 3. The van der Waals surface area contributed by atoms with Crippen molar-refractivity contribution in [2.75, 3.05) is 6.61 Å². The Labute approximate surface area is 198 Å². The van der Waals surface area contributed by atoms with Crippen molar-refractivity contribution in [1.29, 1.82) is 0 Å². The molecule has 4 aromatic carbocycles. The molecule has 4 rings (SSSR count). The second-order valence-corrected chi connectivity index (χ2v) is 9.12. The van der Waals surface area contributed by atoms with Crippen molar-refractivity contribution < 1.29 is 5.11 Å². The summed E-state index contributed by atoms with van der Waals surface area (Å²) in [5, 5.41) is 11.5. The molecular weight excluding hydrogens is 582 g/mol. The van der Waals surface area contributed by atoms with Crippen LogP contribution in [0.25, 0.3) is 21.9 Å². The van der Waals surface area contributed by atoms with Crippen LogP contribution in [-0.4, -0.2) is 11.7 Å². The van der Waals surface area contributed by atoms with Gasteiger partial charge in [0.2, 0.25) is 0 Å². The Kier molecular flexibility index (Phi) is 6.53. The summed E-state index contributed by atoms with van der Waals surface area (Å²) in [6.07, 6.45) is 0.697. The normalized spacial score (nSPS) is 10.6. The second kappa shape index (κ2) is 9.29. The molecule has 0 atom stereocenters. The van der Waals surface area contributed by atoms with E-state index in [9.17, 15) is 0 Å². The number of aliphatic hydroxyl groups excluding tert-OH is 1. The van der Waals surface area contributed by atoms with Gasteiger partial charge in [0.25, 0.3) is 0 Å². The van der Waals surface area contributed by atoms with Gasteiger partial charge in [-0.25, -0.2) is 0 Å². The van der Waals surface area contributed by atoms with E-state index in [1.54, 1.807) is 0 Å². The highest BCUT2D eigenvalue weighted by Crippen LogP contribution is 2.26. The largest absolute Gasteiger partial charge is 0.396 e. The lowest BCUT2D eigenvalue weighted by Crippen LogP contribution is -1.90. The van der Waals surface area contributed by atoms with Crippen LogP contribution in [0.3, 0.4) is 0 Å². The minimum atomic E-state index is 0.184. The molecule has 0 aromatic heterocycles. The highest BCUT2D eigenvalue weighted by atomic mass is 127. The first kappa shape index (κ1) is 20.4. The zero-order valence-corrected chi connectivity index (χ0v) is 19.9. The minimum absolute atomic E-state index is 0.184. The van der Waals surface area contributed by atoms with E-state index in [1.807, 2.05) is 0 Å². The average molecular weight is 600 g/mol. The van der Waals surface area contributed by atoms with Gasteiger partial charge in [-0.2, -0.15) is 0 Å². The predicted octanol–water partition coefficient (Wildman–Crippen LogP) is 6.65. The van der Waals surface area contributed by atoms with E-state index >= 15 is 0 Å². The summed E-state index contributed by atoms with van der Waals surface area (Å²) in [5.41, 5.74) is 5.65. The molecule has 0 radical (unpaired) electrons. The average Bonchev–Trinajstić information content (AvgIpc) is 2.74. The molecular formula is C26H18I2O. The molecule has 0 heterocycles. The van der Waals surface area contributed by atoms with Crippen molar-refractivity contribution in [3.8, 4) is 23.0 Å². The van der Waals surface area contributed by atoms with Crippen LogP contribution in [0.2, 0.25) is 0 Å². The van der Waals surface area contributed by atoms with Gasteiger partial charge in [-0.3, -0.25) is 0 Å². The van der Waals surface area contributed by atoms with Crippen LogP contribution in [0.4, 0.5) is 0 Å². The molecule has 0 fully saturated rings. The van der Waals surface area contributed by atoms with Gasteiger partial charge in [0.1, 0.15) is 0 Å². The molecule has 0 saturated carbocycles. The van der Waals surface area contributed by atoms with Crippen LogP contribution in [0.15, 0.2) is 78.9 Å². The third kappa shape index (κ3) is 4.82. The molecule has 1 nitrogen and oxygen atoms in total. The minimum Gasteiger partial charge on any atom is -0.396 e. The fraction of sp³-hybridized carbons (Fsp3) is 0.0769. The van der Waals surface area contributed by atoms with Gasteiger partial charge in [0.05, 0.1) is 5.56 Å². The lowest BCUT2D eigenvalue weighted by molar-refractivity contribution is 0.299. The van der Waals surface area contributed by atoms with Crippen molar-refractivity contribution in [3.63, 3.8) is 0 Å². The fourth-order valence-corrected chi connectivity index (χ4v) is 5.03. The molecule has 0 amide bonds. The fourth-order valence-electron chi connectivity index (χ4n) is 3.25. The van der Waals surface area contributed by atoms with Crippen molar-refractivity contribution in [2.24, 2.45) is 0 Å². The van der Waals surface area contributed by atoms with Gasteiger partial charge in [0, 0.05) is 19.3 Å². The first-order chi connectivity index (χ1) is 14.1. The number of hydrogen-bond donors (Lipinski definition) is 1. The molecule has 29 heavy (non-hydrogen) atoms. The molecule has 4 aromatic rings. The van der Waals surface area contributed by atoms with Gasteiger partial charge >= 0.3 is 0 Å². The summed E-state index contributed by atoms with van der Waals surface area (Å²) in [7, 11) is 0. The predicted molar refractivity (Wildman–Crippen MR) is 138 cm³/mol. The van der Waals surface area contributed by atoms with Crippen LogP contribution in [0.5, 0.6) is 0 Å². The number of hydrogen-bond acceptors (Lipinski definition) is 1. The SMILES string of the molecule is OCCc1ccc(-c2ccc3cc(C#Cc4c(I)cccc4I)ccc3c2)cc1. The van der Waals surface area contributed by atoms with Crippen molar-refractivity contribution in [1.82, 2.24) is 0 Å². The van der Waals surface area contributed by atoms with Crippen molar-refractivity contribution >= 4 is 56.0 Å². The molecule has 3 heteroatoms. The maximum absolute atomic E-state index is 9.07. The maximum atomic E-state index is 9.07. The van der Waals surface area contributed by atoms with Crippen LogP contribution < -0.4 is 0 Å². The first-order valence-electron chi connectivity index (χ1n) is 9.34. The van der Waals surface area contributed by atoms with E-state index in [0.717, 1.165) is 16.7 Å². The van der Waals surface area contributed by atoms with E-state index in [1.165, 1.54) is 29.0 Å². The highest BCUT2D eigenvalue weighted by Gasteiger charge is 2.03. The Morgan fingerprint density at radius 1 is 0.690 bits per heavy atom. The van der Waals surface area contributed by atoms with Crippen molar-refractivity contribution in [2.45, 2.75) is 6.42 Å². The topological polar surface area (TPSA) is 20.2 Å². The third-order valence-electron chi connectivity index (χ3n) is 4.82. The molecule has 0 aliphatic heterocycles. The summed E-state index contributed by atoms with van der Waals surface area (Å²) >= 11 is 4.68. The van der Waals surface area contributed by atoms with E-state index in [-0.39, 0.29) is 6.61 Å². The molecule has 0 spiro atoms. The van der Waals surface area contributed by atoms with Gasteiger partial charge in [0.15, 0.2) is 0 Å². The Hall–Kier alpha value is -1.88. The summed E-state index contributed by atoms with van der Waals surface area (Å²) in [4.78, 5) is 0. The van der Waals surface area contributed by atoms with E-state index in [4.69, 9.17) is 5.11 Å². The van der Waals surface area contributed by atoms with Gasteiger partial charge in [-0.05, 0) is 109 Å².